The van der Waals surface area contributed by atoms with Gasteiger partial charge in [0.2, 0.25) is 6.29 Å². The maximum absolute atomic E-state index is 13.0. The van der Waals surface area contributed by atoms with Crippen LogP contribution in [0.15, 0.2) is 23.8 Å². The predicted octanol–water partition coefficient (Wildman–Crippen LogP) is 3.42. The van der Waals surface area contributed by atoms with Crippen molar-refractivity contribution < 1.29 is 53.4 Å². The monoisotopic (exact) mass is 660 g/mol. The van der Waals surface area contributed by atoms with Crippen LogP contribution in [0.1, 0.15) is 88.5 Å². The molecule has 262 valence electrons. The summed E-state index contributed by atoms with van der Waals surface area (Å²) in [4.78, 5) is 49.5. The molecule has 47 heavy (non-hydrogen) atoms. The Morgan fingerprint density at radius 2 is 1.62 bits per heavy atom. The lowest BCUT2D eigenvalue weighted by Crippen LogP contribution is -2.72. The van der Waals surface area contributed by atoms with Crippen LogP contribution in [-0.2, 0) is 38.1 Å². The summed E-state index contributed by atoms with van der Waals surface area (Å²) in [6, 6.07) is 0. The molecule has 3 N–H and O–H groups in total. The molecular weight excluding hydrogens is 608 g/mol. The van der Waals surface area contributed by atoms with Crippen molar-refractivity contribution in [2.75, 3.05) is 0 Å². The van der Waals surface area contributed by atoms with Crippen LogP contribution in [0.3, 0.4) is 0 Å². The molecule has 1 aliphatic heterocycles. The van der Waals surface area contributed by atoms with Crippen molar-refractivity contribution in [3.8, 4) is 0 Å². The molecule has 0 aromatic rings. The van der Waals surface area contributed by atoms with Crippen molar-refractivity contribution in [2.24, 2.45) is 45.3 Å². The zero-order valence-corrected chi connectivity index (χ0v) is 29.2. The first-order chi connectivity index (χ1) is 21.5. The summed E-state index contributed by atoms with van der Waals surface area (Å²) >= 11 is 0. The van der Waals surface area contributed by atoms with E-state index in [0.29, 0.717) is 19.3 Å². The number of allylic oxidation sites excluding steroid dienone is 3. The number of carbonyl (C=O) groups excluding carboxylic acids is 4. The largest absolute Gasteiger partial charge is 0.456 e. The van der Waals surface area contributed by atoms with Gasteiger partial charge in [0.25, 0.3) is 0 Å². The Hall–Kier alpha value is -2.60. The van der Waals surface area contributed by atoms with E-state index in [9.17, 15) is 34.5 Å². The van der Waals surface area contributed by atoms with Gasteiger partial charge >= 0.3 is 17.9 Å². The smallest absolute Gasteiger partial charge is 0.304 e. The molecule has 13 atom stereocenters. The van der Waals surface area contributed by atoms with E-state index in [-0.39, 0.29) is 11.7 Å². The lowest BCUT2D eigenvalue weighted by molar-refractivity contribution is -0.242. The van der Waals surface area contributed by atoms with Crippen molar-refractivity contribution in [3.05, 3.63) is 23.8 Å². The molecule has 13 unspecified atom stereocenters. The Labute approximate surface area is 277 Å². The molecule has 11 heteroatoms. The van der Waals surface area contributed by atoms with E-state index in [1.54, 1.807) is 33.8 Å². The van der Waals surface area contributed by atoms with E-state index < -0.39 is 99.7 Å². The van der Waals surface area contributed by atoms with Crippen molar-refractivity contribution in [2.45, 2.75) is 131 Å². The maximum atomic E-state index is 13.0. The van der Waals surface area contributed by atoms with Crippen LogP contribution in [0.4, 0.5) is 0 Å². The van der Waals surface area contributed by atoms with Gasteiger partial charge in [-0.05, 0) is 55.9 Å². The number of ketones is 1. The summed E-state index contributed by atoms with van der Waals surface area (Å²) in [6.07, 6.45) is 0.400. The lowest BCUT2D eigenvalue weighted by atomic mass is 9.37. The van der Waals surface area contributed by atoms with E-state index in [1.165, 1.54) is 20.8 Å². The van der Waals surface area contributed by atoms with E-state index in [0.717, 1.165) is 5.57 Å². The normalized spacial score (nSPS) is 44.4. The highest BCUT2D eigenvalue weighted by Crippen LogP contribution is 2.72. The number of aliphatic hydroxyl groups is 3. The Balaban J connectivity index is 1.54. The van der Waals surface area contributed by atoms with E-state index in [1.807, 2.05) is 26.8 Å². The molecule has 0 amide bonds. The van der Waals surface area contributed by atoms with Crippen LogP contribution in [-0.4, -0.2) is 81.4 Å². The quantitative estimate of drug-likeness (QED) is 0.217. The van der Waals surface area contributed by atoms with Crippen LogP contribution in [0.5, 0.6) is 0 Å². The van der Waals surface area contributed by atoms with Crippen LogP contribution in [0.25, 0.3) is 0 Å². The number of ether oxygens (including phenoxy) is 4. The zero-order chi connectivity index (χ0) is 35.2. The van der Waals surface area contributed by atoms with Gasteiger partial charge in [0, 0.05) is 49.4 Å². The highest BCUT2D eigenvalue weighted by atomic mass is 16.7. The molecule has 0 bridgehead atoms. The van der Waals surface area contributed by atoms with Crippen molar-refractivity contribution in [3.63, 3.8) is 0 Å². The fourth-order valence-corrected chi connectivity index (χ4v) is 11.1. The first-order valence-electron chi connectivity index (χ1n) is 16.7. The fraction of sp³-hybridized carbons (Fsp3) is 0.778. The molecule has 0 aromatic carbocycles. The first-order valence-corrected chi connectivity index (χ1v) is 16.7. The molecule has 0 aromatic heterocycles. The minimum Gasteiger partial charge on any atom is -0.456 e. The summed E-state index contributed by atoms with van der Waals surface area (Å²) in [5, 5.41) is 36.0. The van der Waals surface area contributed by atoms with Gasteiger partial charge in [0.05, 0.1) is 18.3 Å². The third-order valence-corrected chi connectivity index (χ3v) is 12.6. The summed E-state index contributed by atoms with van der Waals surface area (Å²) in [7, 11) is 0. The minimum absolute atomic E-state index is 0.124. The first kappa shape index (κ1) is 35.7. The molecule has 5 rings (SSSR count). The van der Waals surface area contributed by atoms with E-state index >= 15 is 0 Å². The van der Waals surface area contributed by atoms with E-state index in [4.69, 9.17) is 18.9 Å². The van der Waals surface area contributed by atoms with Crippen molar-refractivity contribution in [1.82, 2.24) is 0 Å². The molecule has 11 nitrogen and oxygen atoms in total. The van der Waals surface area contributed by atoms with Crippen molar-refractivity contribution in [1.29, 1.82) is 0 Å². The molecule has 2 saturated carbocycles. The molecule has 0 radical (unpaired) electrons. The van der Waals surface area contributed by atoms with Crippen LogP contribution >= 0.6 is 0 Å². The maximum Gasteiger partial charge on any atom is 0.304 e. The second kappa shape index (κ2) is 11.5. The fourth-order valence-electron chi connectivity index (χ4n) is 11.1. The Kier molecular flexibility index (Phi) is 8.73. The molecular formula is C36H52O11. The number of fused-ring (bicyclic) bond motifs is 5. The highest BCUT2D eigenvalue weighted by Gasteiger charge is 2.73. The number of carbonyl (C=O) groups is 4. The SMILES string of the molecule is CC(=O)OC1OC(C(OC(C)=O)C(C)(C)OC(C)=O)CC1C1CC=C2C1(C)CC(O)C1C3(C)C=CC(=O)C(C)(C)C3C(O)C(O)C21C. The van der Waals surface area contributed by atoms with Gasteiger partial charge in [-0.15, -0.1) is 0 Å². The standard InChI is InChI=1S/C36H52O11/c1-17(37)44-30(33(6,7)47-19(3)39)23-15-20(31(46-23)45-18(2)38)21-11-12-24-35(21,9)16-22(40)27-34(8)14-13-25(41)32(4,5)28(34)26(42)29(43)36(24,27)10/h12-14,20-23,26-31,40,42-43H,11,15-16H2,1-10H3. The number of esters is 3. The van der Waals surface area contributed by atoms with Gasteiger partial charge < -0.3 is 34.3 Å². The topological polar surface area (TPSA) is 166 Å². The minimum atomic E-state index is -1.27. The third-order valence-electron chi connectivity index (χ3n) is 12.6. The Morgan fingerprint density at radius 3 is 2.19 bits per heavy atom. The van der Waals surface area contributed by atoms with Gasteiger partial charge in [0.15, 0.2) is 11.9 Å². The Morgan fingerprint density at radius 1 is 0.979 bits per heavy atom. The van der Waals surface area contributed by atoms with Gasteiger partial charge in [0.1, 0.15) is 11.7 Å². The molecule has 0 spiro atoms. The predicted molar refractivity (Wildman–Crippen MR) is 168 cm³/mol. The Bertz CT molecular complexity index is 1400. The molecule has 4 aliphatic carbocycles. The second-order valence-corrected chi connectivity index (χ2v) is 16.4. The number of hydrogen-bond acceptors (Lipinski definition) is 11. The summed E-state index contributed by atoms with van der Waals surface area (Å²) in [5.41, 5.74) is -3.86. The number of rotatable bonds is 6. The van der Waals surface area contributed by atoms with Crippen molar-refractivity contribution >= 4 is 23.7 Å². The number of aliphatic hydroxyl groups excluding tert-OH is 3. The zero-order valence-electron chi connectivity index (χ0n) is 29.2. The van der Waals surface area contributed by atoms with E-state index in [2.05, 4.69) is 6.08 Å². The lowest BCUT2D eigenvalue weighted by Gasteiger charge is -2.68. The van der Waals surface area contributed by atoms with Crippen LogP contribution in [0, 0.1) is 45.3 Å². The van der Waals surface area contributed by atoms with Crippen LogP contribution < -0.4 is 0 Å². The van der Waals surface area contributed by atoms with Gasteiger partial charge in [-0.1, -0.05) is 52.3 Å². The summed E-state index contributed by atoms with van der Waals surface area (Å²) < 4.78 is 23.3. The summed E-state index contributed by atoms with van der Waals surface area (Å²) in [5.74, 6) is -3.59. The van der Waals surface area contributed by atoms with Gasteiger partial charge in [-0.2, -0.15) is 0 Å². The molecule has 3 fully saturated rings. The summed E-state index contributed by atoms with van der Waals surface area (Å²) in [6.45, 7) is 16.6. The third kappa shape index (κ3) is 5.31. The number of hydrogen-bond donors (Lipinski definition) is 3. The molecule has 1 saturated heterocycles. The van der Waals surface area contributed by atoms with Crippen LogP contribution in [0.2, 0.25) is 0 Å². The average Bonchev–Trinajstić information content (AvgIpc) is 3.47. The molecule has 1 heterocycles. The second-order valence-electron chi connectivity index (χ2n) is 16.4. The highest BCUT2D eigenvalue weighted by molar-refractivity contribution is 5.96. The molecule has 5 aliphatic rings. The van der Waals surface area contributed by atoms with Gasteiger partial charge in [-0.25, -0.2) is 0 Å². The average molecular weight is 661 g/mol. The van der Waals surface area contributed by atoms with Gasteiger partial charge in [-0.3, -0.25) is 19.2 Å².